The first kappa shape index (κ1) is 42.3. The summed E-state index contributed by atoms with van der Waals surface area (Å²) in [6.45, 7) is 1.80. The van der Waals surface area contributed by atoms with Gasteiger partial charge >= 0.3 is 0 Å². The van der Waals surface area contributed by atoms with Crippen molar-refractivity contribution in [3.05, 3.63) is 163 Å². The highest BCUT2D eigenvalue weighted by molar-refractivity contribution is 7.99. The third-order valence-electron chi connectivity index (χ3n) is 10.0. The molecule has 10 rings (SSSR count). The van der Waals surface area contributed by atoms with E-state index in [1.807, 2.05) is 60.4 Å². The maximum Gasteiger partial charge on any atom is 0.189 e. The van der Waals surface area contributed by atoms with Crippen LogP contribution in [-0.2, 0) is 12.8 Å². The van der Waals surface area contributed by atoms with Crippen LogP contribution < -0.4 is 18.9 Å². The molecule has 0 radical (unpaired) electrons. The molecule has 0 aliphatic carbocycles. The molecule has 8 aromatic rings. The number of thioether (sulfide) groups is 2. The second-order valence-electron chi connectivity index (χ2n) is 14.3. The fraction of sp³-hybridized carbons (Fsp3) is 0.154. The van der Waals surface area contributed by atoms with Crippen LogP contribution in [0, 0.1) is 47.4 Å². The topological polar surface area (TPSA) is 88.5 Å². The summed E-state index contributed by atoms with van der Waals surface area (Å²) in [6.07, 6.45) is 9.33. The largest absolute Gasteiger partial charge is 0.484 e. The molecule has 0 amide bonds. The van der Waals surface area contributed by atoms with Gasteiger partial charge in [-0.1, -0.05) is 23.7 Å². The van der Waals surface area contributed by atoms with E-state index >= 15 is 0 Å². The molecule has 2 aliphatic heterocycles. The predicted octanol–water partition coefficient (Wildman–Crippen LogP) is 10.4. The average molecular weight is 939 g/mol. The fourth-order valence-corrected chi connectivity index (χ4v) is 10.9. The van der Waals surface area contributed by atoms with E-state index < -0.39 is 0 Å². The quantitative estimate of drug-likeness (QED) is 0.108. The molecule has 316 valence electrons. The second kappa shape index (κ2) is 20.4. The molecule has 0 saturated heterocycles. The van der Waals surface area contributed by atoms with Crippen LogP contribution in [-0.4, -0.2) is 56.6 Å². The number of hydrogen-bond acceptors (Lipinski definition) is 13. The molecular formula is C52H34N4O4S5. The van der Waals surface area contributed by atoms with E-state index in [0.29, 0.717) is 60.5 Å². The van der Waals surface area contributed by atoms with Gasteiger partial charge in [0.1, 0.15) is 57.0 Å². The van der Waals surface area contributed by atoms with Crippen LogP contribution >= 0.6 is 57.9 Å². The van der Waals surface area contributed by atoms with Crippen molar-refractivity contribution in [2.75, 3.05) is 37.9 Å². The van der Waals surface area contributed by atoms with Crippen molar-refractivity contribution in [3.8, 4) is 70.4 Å². The number of thiophene rings is 2. The standard InChI is InChI=1S/C52H34N4O4S5/c1-11-41(61-33-23-37-19-25-53-26-20-37)12-2-35(1)5-15-43-49-51(59-31-29-57-49)45(63-43)17-9-39-7-8-40(48-47(39)55-65-56-48)10-18-46-52-50(58-30-32-60-52)44(64-46)16-6-36-3-13-42(14-4-36)62-34-24-38-21-27-54-28-22-38/h1-4,7-8,11-14,19-22,25-28H,23-24,29-34H2. The van der Waals surface area contributed by atoms with E-state index in [1.165, 1.54) is 43.6 Å². The zero-order valence-corrected chi connectivity index (χ0v) is 38.6. The monoisotopic (exact) mass is 938 g/mol. The van der Waals surface area contributed by atoms with Gasteiger partial charge in [0.05, 0.1) is 22.9 Å². The second-order valence-corrected chi connectivity index (χ2v) is 19.2. The molecule has 0 spiro atoms. The third kappa shape index (κ3) is 10.3. The molecule has 13 heteroatoms. The highest BCUT2D eigenvalue weighted by atomic mass is 32.2. The fourth-order valence-electron chi connectivity index (χ4n) is 6.75. The van der Waals surface area contributed by atoms with Crippen LogP contribution in [0.25, 0.3) is 11.0 Å². The summed E-state index contributed by atoms with van der Waals surface area (Å²) < 4.78 is 33.5. The van der Waals surface area contributed by atoms with Gasteiger partial charge in [0, 0.05) is 57.2 Å². The zero-order chi connectivity index (χ0) is 43.6. The minimum absolute atomic E-state index is 0.444. The van der Waals surface area contributed by atoms with Gasteiger partial charge < -0.3 is 18.9 Å². The minimum Gasteiger partial charge on any atom is -0.484 e. The van der Waals surface area contributed by atoms with E-state index in [4.69, 9.17) is 18.9 Å². The Hall–Kier alpha value is -6.68. The van der Waals surface area contributed by atoms with Gasteiger partial charge in [-0.15, -0.1) is 46.2 Å². The van der Waals surface area contributed by atoms with Crippen LogP contribution in [0.1, 0.15) is 52.9 Å². The summed E-state index contributed by atoms with van der Waals surface area (Å²) >= 11 is 7.72. The number of pyridine rings is 2. The van der Waals surface area contributed by atoms with Crippen LogP contribution in [0.4, 0.5) is 0 Å². The summed E-state index contributed by atoms with van der Waals surface area (Å²) in [7, 11) is 0. The highest BCUT2D eigenvalue weighted by Gasteiger charge is 2.24. The lowest BCUT2D eigenvalue weighted by Gasteiger charge is -2.15. The van der Waals surface area contributed by atoms with E-state index in [0.717, 1.165) is 77.8 Å². The summed E-state index contributed by atoms with van der Waals surface area (Å²) in [4.78, 5) is 13.7. The van der Waals surface area contributed by atoms with E-state index in [2.05, 4.69) is 139 Å². The maximum atomic E-state index is 6.07. The first-order valence-electron chi connectivity index (χ1n) is 20.6. The van der Waals surface area contributed by atoms with Crippen molar-refractivity contribution < 1.29 is 18.9 Å². The molecule has 0 bridgehead atoms. The van der Waals surface area contributed by atoms with Gasteiger partial charge in [-0.25, -0.2) is 0 Å². The number of aryl methyl sites for hydroxylation is 2. The lowest BCUT2D eigenvalue weighted by Crippen LogP contribution is -2.15. The Labute approximate surface area is 397 Å². The number of hydrogen-bond donors (Lipinski definition) is 0. The van der Waals surface area contributed by atoms with Gasteiger partial charge in [-0.05, 0) is 133 Å². The lowest BCUT2D eigenvalue weighted by molar-refractivity contribution is 0.172. The van der Waals surface area contributed by atoms with Crippen molar-refractivity contribution in [2.45, 2.75) is 22.6 Å². The highest BCUT2D eigenvalue weighted by Crippen LogP contribution is 2.44. The van der Waals surface area contributed by atoms with Crippen LogP contribution in [0.5, 0.6) is 23.0 Å². The van der Waals surface area contributed by atoms with Gasteiger partial charge in [-0.3, -0.25) is 9.97 Å². The molecule has 2 aliphatic rings. The number of ether oxygens (including phenoxy) is 4. The molecule has 3 aromatic carbocycles. The zero-order valence-electron chi connectivity index (χ0n) is 34.5. The minimum atomic E-state index is 0.444. The van der Waals surface area contributed by atoms with Gasteiger partial charge in [-0.2, -0.15) is 8.75 Å². The molecule has 7 heterocycles. The molecule has 0 fully saturated rings. The Morgan fingerprint density at radius 1 is 0.431 bits per heavy atom. The SMILES string of the molecule is C(#Cc1sc(C#Cc2ccc(C#Cc3sc(C#Cc4ccc(SCCc5ccncc5)cc4)c4c3OCCO4)c3nsnc23)c2c1OCCO2)c1ccc(SCCc2ccncc2)cc1. The van der Waals surface area contributed by atoms with Crippen molar-refractivity contribution in [2.24, 2.45) is 0 Å². The maximum absolute atomic E-state index is 6.07. The number of fused-ring (bicyclic) bond motifs is 3. The van der Waals surface area contributed by atoms with E-state index in [1.54, 1.807) is 0 Å². The van der Waals surface area contributed by atoms with Gasteiger partial charge in [0.15, 0.2) is 23.0 Å². The number of nitrogens with zero attached hydrogens (tertiary/aromatic N) is 4. The molecule has 5 aromatic heterocycles. The molecule has 65 heavy (non-hydrogen) atoms. The average Bonchev–Trinajstić information content (AvgIpc) is 4.10. The number of rotatable bonds is 8. The van der Waals surface area contributed by atoms with Gasteiger partial charge in [0.25, 0.3) is 0 Å². The molecule has 0 saturated carbocycles. The predicted molar refractivity (Wildman–Crippen MR) is 262 cm³/mol. The Bertz CT molecular complexity index is 3030. The van der Waals surface area contributed by atoms with Crippen molar-refractivity contribution in [1.29, 1.82) is 0 Å². The third-order valence-corrected chi connectivity index (χ3v) is 14.5. The lowest BCUT2D eigenvalue weighted by atomic mass is 10.1. The van der Waals surface area contributed by atoms with E-state index in [9.17, 15) is 0 Å². The Morgan fingerprint density at radius 3 is 1.18 bits per heavy atom. The molecule has 0 atom stereocenters. The summed E-state index contributed by atoms with van der Waals surface area (Å²) in [5.74, 6) is 31.1. The van der Waals surface area contributed by atoms with Crippen molar-refractivity contribution >= 4 is 69.0 Å². The normalized spacial score (nSPS) is 12.1. The molecule has 8 nitrogen and oxygen atoms in total. The van der Waals surface area contributed by atoms with Crippen molar-refractivity contribution in [1.82, 2.24) is 18.7 Å². The van der Waals surface area contributed by atoms with Crippen LogP contribution in [0.15, 0.2) is 120 Å². The Kier molecular flexibility index (Phi) is 13.3. The summed E-state index contributed by atoms with van der Waals surface area (Å²) in [5.41, 5.74) is 7.28. The van der Waals surface area contributed by atoms with Crippen LogP contribution in [0.2, 0.25) is 0 Å². The first-order chi connectivity index (χ1) is 32.2. The molecule has 0 N–H and O–H groups in total. The van der Waals surface area contributed by atoms with Crippen molar-refractivity contribution in [3.63, 3.8) is 0 Å². The van der Waals surface area contributed by atoms with Gasteiger partial charge in [0.2, 0.25) is 0 Å². The first-order valence-corrected chi connectivity index (χ1v) is 25.0. The Balaban J connectivity index is 0.832. The molecule has 0 unspecified atom stereocenters. The van der Waals surface area contributed by atoms with Crippen LogP contribution in [0.3, 0.4) is 0 Å². The smallest absolute Gasteiger partial charge is 0.189 e. The van der Waals surface area contributed by atoms with E-state index in [-0.39, 0.29) is 0 Å². The number of aromatic nitrogens is 4. The summed E-state index contributed by atoms with van der Waals surface area (Å²) in [6, 6.07) is 28.8. The molecular weight excluding hydrogens is 905 g/mol. The number of benzene rings is 3. The Morgan fingerprint density at radius 2 is 0.800 bits per heavy atom. The summed E-state index contributed by atoms with van der Waals surface area (Å²) in [5, 5.41) is 0.